The van der Waals surface area contributed by atoms with E-state index in [2.05, 4.69) is 6.92 Å². The Labute approximate surface area is 206 Å². The Morgan fingerprint density at radius 1 is 0.485 bits per heavy atom. The second kappa shape index (κ2) is 26.0. The third-order valence-electron chi connectivity index (χ3n) is 6.90. The molecule has 33 heavy (non-hydrogen) atoms. The second-order valence-corrected chi connectivity index (χ2v) is 10.3. The van der Waals surface area contributed by atoms with Crippen LogP contribution in [0.3, 0.4) is 0 Å². The molecule has 0 aromatic carbocycles. The maximum Gasteiger partial charge on any atom is 0.303 e. The highest BCUT2D eigenvalue weighted by Crippen LogP contribution is 2.16. The van der Waals surface area contributed by atoms with Gasteiger partial charge < -0.3 is 15.3 Å². The van der Waals surface area contributed by atoms with E-state index in [0.29, 0.717) is 6.42 Å². The minimum atomic E-state index is -0.667. The molecule has 4 heteroatoms. The lowest BCUT2D eigenvalue weighted by Crippen LogP contribution is -2.13. The van der Waals surface area contributed by atoms with Gasteiger partial charge in [-0.25, -0.2) is 0 Å². The van der Waals surface area contributed by atoms with Crippen molar-refractivity contribution < 1.29 is 20.1 Å². The summed E-state index contributed by atoms with van der Waals surface area (Å²) in [4.78, 5) is 10.4. The third kappa shape index (κ3) is 27.5. The molecule has 0 aromatic rings. The minimum absolute atomic E-state index is 0.225. The van der Waals surface area contributed by atoms with Crippen molar-refractivity contribution in [1.29, 1.82) is 0 Å². The van der Waals surface area contributed by atoms with Crippen molar-refractivity contribution in [2.45, 2.75) is 180 Å². The zero-order chi connectivity index (χ0) is 24.4. The Kier molecular flexibility index (Phi) is 25.5. The van der Waals surface area contributed by atoms with E-state index in [0.717, 1.165) is 51.4 Å². The summed E-state index contributed by atoms with van der Waals surface area (Å²) in [6, 6.07) is 0. The highest BCUT2D eigenvalue weighted by Gasteiger charge is 2.09. The quantitative estimate of drug-likeness (QED) is 0.105. The Morgan fingerprint density at radius 2 is 0.788 bits per heavy atom. The Hall–Kier alpha value is -0.610. The second-order valence-electron chi connectivity index (χ2n) is 10.3. The molecule has 0 heterocycles. The monoisotopic (exact) mass is 470 g/mol. The van der Waals surface area contributed by atoms with Gasteiger partial charge in [0.25, 0.3) is 0 Å². The van der Waals surface area contributed by atoms with Gasteiger partial charge in [-0.3, -0.25) is 4.79 Å². The number of aliphatic hydroxyl groups excluding tert-OH is 2. The molecule has 198 valence electrons. The summed E-state index contributed by atoms with van der Waals surface area (Å²) in [6.07, 6.45) is 28.0. The van der Waals surface area contributed by atoms with Crippen molar-refractivity contribution in [2.24, 2.45) is 0 Å². The van der Waals surface area contributed by atoms with Gasteiger partial charge >= 0.3 is 5.97 Å². The number of unbranched alkanes of at least 4 members (excludes halogenated alkanes) is 18. The van der Waals surface area contributed by atoms with Crippen LogP contribution in [-0.4, -0.2) is 33.5 Å². The summed E-state index contributed by atoms with van der Waals surface area (Å²) in [7, 11) is 0. The predicted octanol–water partition coefficient (Wildman–Crippen LogP) is 8.57. The van der Waals surface area contributed by atoms with Crippen LogP contribution in [0.4, 0.5) is 0 Å². The first-order valence-electron chi connectivity index (χ1n) is 14.6. The lowest BCUT2D eigenvalue weighted by atomic mass is 10.00. The van der Waals surface area contributed by atoms with Crippen LogP contribution < -0.4 is 0 Å². The summed E-state index contributed by atoms with van der Waals surface area (Å²) in [5, 5.41) is 28.8. The van der Waals surface area contributed by atoms with Crippen LogP contribution >= 0.6 is 0 Å². The predicted molar refractivity (Wildman–Crippen MR) is 141 cm³/mol. The van der Waals surface area contributed by atoms with E-state index in [4.69, 9.17) is 5.11 Å². The van der Waals surface area contributed by atoms with Crippen molar-refractivity contribution in [1.82, 2.24) is 0 Å². The maximum atomic E-state index is 10.4. The van der Waals surface area contributed by atoms with Crippen molar-refractivity contribution in [2.75, 3.05) is 0 Å². The van der Waals surface area contributed by atoms with Crippen molar-refractivity contribution in [3.63, 3.8) is 0 Å². The molecule has 0 aliphatic rings. The number of carboxylic acids is 1. The summed E-state index contributed by atoms with van der Waals surface area (Å²) in [6.45, 7) is 2.22. The van der Waals surface area contributed by atoms with Gasteiger partial charge in [0.1, 0.15) is 0 Å². The highest BCUT2D eigenvalue weighted by molar-refractivity contribution is 5.66. The molecular weight excluding hydrogens is 412 g/mol. The fourth-order valence-electron chi connectivity index (χ4n) is 4.61. The first kappa shape index (κ1) is 32.4. The van der Waals surface area contributed by atoms with Crippen molar-refractivity contribution >= 4 is 5.97 Å². The van der Waals surface area contributed by atoms with Crippen LogP contribution in [0.25, 0.3) is 0 Å². The van der Waals surface area contributed by atoms with E-state index >= 15 is 0 Å². The summed E-state index contributed by atoms with van der Waals surface area (Å²) in [5.74, 6) is -0.667. The molecule has 0 rings (SSSR count). The molecule has 0 saturated carbocycles. The summed E-state index contributed by atoms with van der Waals surface area (Å²) >= 11 is 0. The van der Waals surface area contributed by atoms with Crippen molar-refractivity contribution in [3.8, 4) is 0 Å². The van der Waals surface area contributed by atoms with E-state index in [1.807, 2.05) is 0 Å². The molecule has 0 aliphatic heterocycles. The molecule has 0 amide bonds. The fraction of sp³-hybridized carbons (Fsp3) is 0.966. The average molecular weight is 471 g/mol. The molecule has 2 unspecified atom stereocenters. The molecule has 0 fully saturated rings. The number of aliphatic carboxylic acids is 1. The first-order chi connectivity index (χ1) is 16.1. The average Bonchev–Trinajstić information content (AvgIpc) is 2.79. The van der Waals surface area contributed by atoms with Gasteiger partial charge in [-0.2, -0.15) is 0 Å². The fourth-order valence-corrected chi connectivity index (χ4v) is 4.61. The van der Waals surface area contributed by atoms with Crippen LogP contribution in [0.2, 0.25) is 0 Å². The number of carboxylic acid groups (broad SMARTS) is 1. The summed E-state index contributed by atoms with van der Waals surface area (Å²) < 4.78 is 0. The van der Waals surface area contributed by atoms with Gasteiger partial charge in [-0.05, 0) is 32.1 Å². The molecule has 0 saturated heterocycles. The van der Waals surface area contributed by atoms with Gasteiger partial charge in [0, 0.05) is 6.42 Å². The number of aliphatic hydroxyl groups is 2. The topological polar surface area (TPSA) is 77.8 Å². The molecule has 0 radical (unpaired) electrons. The van der Waals surface area contributed by atoms with E-state index in [1.54, 1.807) is 0 Å². The van der Waals surface area contributed by atoms with Crippen LogP contribution in [0.15, 0.2) is 0 Å². The standard InChI is InChI=1S/C29H58O4/c1-2-3-4-16-19-22-27(30)25-26-28(31)23-20-17-14-12-10-8-6-5-7-9-11-13-15-18-21-24-29(32)33/h27-28,30-31H,2-26H2,1H3,(H,32,33). The van der Waals surface area contributed by atoms with Crippen LogP contribution in [0.1, 0.15) is 167 Å². The summed E-state index contributed by atoms with van der Waals surface area (Å²) in [5.41, 5.74) is 0. The molecule has 0 aromatic heterocycles. The number of hydrogen-bond donors (Lipinski definition) is 3. The van der Waals surface area contributed by atoms with Crippen LogP contribution in [0.5, 0.6) is 0 Å². The Morgan fingerprint density at radius 3 is 1.12 bits per heavy atom. The molecule has 0 bridgehead atoms. The third-order valence-corrected chi connectivity index (χ3v) is 6.90. The van der Waals surface area contributed by atoms with Gasteiger partial charge in [0.2, 0.25) is 0 Å². The Balaban J connectivity index is 3.23. The Bertz CT molecular complexity index is 399. The van der Waals surface area contributed by atoms with Gasteiger partial charge in [0.05, 0.1) is 12.2 Å². The molecule has 0 spiro atoms. The maximum absolute atomic E-state index is 10.4. The molecule has 2 atom stereocenters. The largest absolute Gasteiger partial charge is 0.481 e. The zero-order valence-electron chi connectivity index (χ0n) is 22.1. The van der Waals surface area contributed by atoms with E-state index < -0.39 is 5.97 Å². The minimum Gasteiger partial charge on any atom is -0.481 e. The number of rotatable bonds is 27. The van der Waals surface area contributed by atoms with E-state index in [1.165, 1.54) is 103 Å². The SMILES string of the molecule is CCCCCCCC(O)CCC(O)CCCCCCCCCCCCCCCCCC(=O)O. The lowest BCUT2D eigenvalue weighted by molar-refractivity contribution is -0.137. The van der Waals surface area contributed by atoms with Gasteiger partial charge in [-0.1, -0.05) is 129 Å². The molecular formula is C29H58O4. The van der Waals surface area contributed by atoms with Crippen molar-refractivity contribution in [3.05, 3.63) is 0 Å². The number of carbonyl (C=O) groups is 1. The van der Waals surface area contributed by atoms with Gasteiger partial charge in [0.15, 0.2) is 0 Å². The lowest BCUT2D eigenvalue weighted by Gasteiger charge is -2.14. The first-order valence-corrected chi connectivity index (χ1v) is 14.6. The zero-order valence-corrected chi connectivity index (χ0v) is 22.1. The molecule has 0 aliphatic carbocycles. The number of hydrogen-bond acceptors (Lipinski definition) is 3. The van der Waals surface area contributed by atoms with E-state index in [9.17, 15) is 15.0 Å². The van der Waals surface area contributed by atoms with Gasteiger partial charge in [-0.15, -0.1) is 0 Å². The molecule has 4 nitrogen and oxygen atoms in total. The van der Waals surface area contributed by atoms with E-state index in [-0.39, 0.29) is 12.2 Å². The van der Waals surface area contributed by atoms with Crippen LogP contribution in [0, 0.1) is 0 Å². The normalized spacial score (nSPS) is 13.3. The van der Waals surface area contributed by atoms with Crippen LogP contribution in [-0.2, 0) is 4.79 Å². The highest BCUT2D eigenvalue weighted by atomic mass is 16.4. The smallest absolute Gasteiger partial charge is 0.303 e. The molecule has 3 N–H and O–H groups in total.